The van der Waals surface area contributed by atoms with Gasteiger partial charge in [0.25, 0.3) is 0 Å². The minimum atomic E-state index is 0.737. The Labute approximate surface area is 284 Å². The fraction of sp³-hybridized carbons (Fsp3) is 0.182. The lowest BCUT2D eigenvalue weighted by molar-refractivity contribution is 0.459. The van der Waals surface area contributed by atoms with E-state index in [0.29, 0.717) is 0 Å². The average molecular weight is 635 g/mol. The average Bonchev–Trinajstić information content (AvgIpc) is 3.06. The minimum absolute atomic E-state index is 0.737. The second-order valence-electron chi connectivity index (χ2n) is 12.5. The van der Waals surface area contributed by atoms with Gasteiger partial charge in [0, 0.05) is 6.07 Å². The van der Waals surface area contributed by atoms with Gasteiger partial charge in [-0.1, -0.05) is 30.3 Å². The third-order valence-electron chi connectivity index (χ3n) is 8.83. The van der Waals surface area contributed by atoms with Gasteiger partial charge >= 0.3 is 0 Å². The van der Waals surface area contributed by atoms with Crippen LogP contribution >= 0.6 is 0 Å². The predicted octanol–water partition coefficient (Wildman–Crippen LogP) is 12.5. The van der Waals surface area contributed by atoms with Crippen molar-refractivity contribution in [1.82, 2.24) is 0 Å². The molecule has 0 heterocycles. The molecule has 0 spiro atoms. The molecule has 4 heteroatoms. The molecule has 0 unspecified atom stereocenters. The highest BCUT2D eigenvalue weighted by molar-refractivity contribution is 5.45. The van der Waals surface area contributed by atoms with Crippen molar-refractivity contribution in [2.24, 2.45) is 0 Å². The van der Waals surface area contributed by atoms with Crippen molar-refractivity contribution in [3.63, 3.8) is 0 Å². The van der Waals surface area contributed by atoms with E-state index in [2.05, 4.69) is 90.1 Å². The van der Waals surface area contributed by atoms with Crippen LogP contribution in [0.1, 0.15) is 44.5 Å². The highest BCUT2D eigenvalue weighted by Gasteiger charge is 2.09. The van der Waals surface area contributed by atoms with Gasteiger partial charge < -0.3 is 18.9 Å². The van der Waals surface area contributed by atoms with Crippen LogP contribution in [0.25, 0.3) is 0 Å². The highest BCUT2D eigenvalue weighted by atomic mass is 16.5. The zero-order valence-electron chi connectivity index (χ0n) is 28.6. The molecule has 0 atom stereocenters. The number of hydrogen-bond donors (Lipinski definition) is 0. The van der Waals surface area contributed by atoms with Crippen LogP contribution in [0.3, 0.4) is 0 Å². The minimum Gasteiger partial charge on any atom is -0.457 e. The van der Waals surface area contributed by atoms with Gasteiger partial charge in [-0.15, -0.1) is 0 Å². The quantitative estimate of drug-likeness (QED) is 0.142. The van der Waals surface area contributed by atoms with Crippen molar-refractivity contribution in [2.45, 2.75) is 54.4 Å². The molecule has 0 saturated heterocycles. The molecular formula is C44H42O4. The van der Waals surface area contributed by atoms with E-state index in [-0.39, 0.29) is 0 Å². The first-order valence-electron chi connectivity index (χ1n) is 16.4. The Bertz CT molecular complexity index is 2040. The molecule has 0 amide bonds. The van der Waals surface area contributed by atoms with Crippen molar-refractivity contribution < 1.29 is 18.9 Å². The molecule has 6 aromatic carbocycles. The van der Waals surface area contributed by atoms with Crippen LogP contribution in [0.2, 0.25) is 0 Å². The fourth-order valence-corrected chi connectivity index (χ4v) is 5.54. The SMILES string of the molecule is Cc1ccc(Oc2ccc(Oc3ccc(CCc4cc(Oc5cccc(Oc6ccc(C)c(C)c6)c5)ccc4C)c(C)c3)cc2)cc1C. The van der Waals surface area contributed by atoms with E-state index in [9.17, 15) is 0 Å². The van der Waals surface area contributed by atoms with Gasteiger partial charge in [-0.25, -0.2) is 0 Å². The summed E-state index contributed by atoms with van der Waals surface area (Å²) in [5.74, 6) is 6.29. The molecule has 0 radical (unpaired) electrons. The second kappa shape index (κ2) is 14.5. The maximum Gasteiger partial charge on any atom is 0.131 e. The summed E-state index contributed by atoms with van der Waals surface area (Å²) in [6.07, 6.45) is 1.82. The van der Waals surface area contributed by atoms with Gasteiger partial charge in [-0.3, -0.25) is 0 Å². The van der Waals surface area contributed by atoms with Crippen LogP contribution in [0.15, 0.2) is 121 Å². The summed E-state index contributed by atoms with van der Waals surface area (Å²) in [7, 11) is 0. The van der Waals surface area contributed by atoms with E-state index in [1.807, 2.05) is 72.8 Å². The molecule has 242 valence electrons. The molecule has 0 bridgehead atoms. The number of rotatable bonds is 11. The zero-order chi connectivity index (χ0) is 33.6. The number of benzene rings is 6. The third kappa shape index (κ3) is 8.26. The van der Waals surface area contributed by atoms with Crippen molar-refractivity contribution in [3.05, 3.63) is 166 Å². The number of ether oxygens (including phenoxy) is 4. The Kier molecular flexibility index (Phi) is 9.82. The molecule has 4 nitrogen and oxygen atoms in total. The maximum absolute atomic E-state index is 6.28. The fourth-order valence-electron chi connectivity index (χ4n) is 5.54. The van der Waals surface area contributed by atoms with Crippen molar-refractivity contribution in [3.8, 4) is 46.0 Å². The molecule has 0 saturated carbocycles. The Hall–Kier alpha value is -5.48. The first-order chi connectivity index (χ1) is 23.2. The summed E-state index contributed by atoms with van der Waals surface area (Å²) in [6, 6.07) is 40.4. The van der Waals surface area contributed by atoms with Crippen molar-refractivity contribution >= 4 is 0 Å². The Balaban J connectivity index is 1.05. The van der Waals surface area contributed by atoms with Gasteiger partial charge in [0.1, 0.15) is 46.0 Å². The van der Waals surface area contributed by atoms with Crippen LogP contribution in [0, 0.1) is 41.5 Å². The normalized spacial score (nSPS) is 10.9. The molecular weight excluding hydrogens is 592 g/mol. The lowest BCUT2D eigenvalue weighted by Crippen LogP contribution is -1.98. The van der Waals surface area contributed by atoms with E-state index in [1.54, 1.807) is 0 Å². The highest BCUT2D eigenvalue weighted by Crippen LogP contribution is 2.32. The van der Waals surface area contributed by atoms with Crippen LogP contribution in [-0.2, 0) is 12.8 Å². The van der Waals surface area contributed by atoms with Crippen LogP contribution in [-0.4, -0.2) is 0 Å². The molecule has 0 aliphatic carbocycles. The standard InChI is InChI=1S/C44H42O4/c1-29-10-16-41(24-32(29)4)45-37-20-22-38(23-21-37)46-43-19-15-35(34(6)26-43)13-14-36-27-44(18-12-31(36)3)48-40-9-7-8-39(28-40)47-42-17-11-30(2)33(5)25-42/h7-12,15-28H,13-14H2,1-6H3. The summed E-state index contributed by atoms with van der Waals surface area (Å²) >= 11 is 0. The molecule has 0 fully saturated rings. The van der Waals surface area contributed by atoms with Crippen LogP contribution in [0.4, 0.5) is 0 Å². The molecule has 0 N–H and O–H groups in total. The van der Waals surface area contributed by atoms with Gasteiger partial charge in [0.2, 0.25) is 0 Å². The van der Waals surface area contributed by atoms with E-state index in [1.165, 1.54) is 44.5 Å². The van der Waals surface area contributed by atoms with E-state index in [0.717, 1.165) is 58.8 Å². The molecule has 0 aliphatic heterocycles. The molecule has 48 heavy (non-hydrogen) atoms. The summed E-state index contributed by atoms with van der Waals surface area (Å²) < 4.78 is 24.6. The van der Waals surface area contributed by atoms with Gasteiger partial charge in [-0.2, -0.15) is 0 Å². The zero-order valence-corrected chi connectivity index (χ0v) is 28.6. The third-order valence-corrected chi connectivity index (χ3v) is 8.83. The van der Waals surface area contributed by atoms with Crippen molar-refractivity contribution in [2.75, 3.05) is 0 Å². The number of hydrogen-bond acceptors (Lipinski definition) is 4. The van der Waals surface area contributed by atoms with Gasteiger partial charge in [0.15, 0.2) is 0 Å². The number of aryl methyl sites for hydroxylation is 8. The topological polar surface area (TPSA) is 36.9 Å². The predicted molar refractivity (Wildman–Crippen MR) is 195 cm³/mol. The summed E-state index contributed by atoms with van der Waals surface area (Å²) in [5.41, 5.74) is 9.91. The van der Waals surface area contributed by atoms with E-state index < -0.39 is 0 Å². The largest absolute Gasteiger partial charge is 0.457 e. The summed E-state index contributed by atoms with van der Waals surface area (Å²) in [4.78, 5) is 0. The molecule has 6 aromatic rings. The molecule has 0 aliphatic rings. The monoisotopic (exact) mass is 634 g/mol. The summed E-state index contributed by atoms with van der Waals surface area (Å²) in [6.45, 7) is 12.7. The maximum atomic E-state index is 6.28. The molecule has 6 rings (SSSR count). The second-order valence-corrected chi connectivity index (χ2v) is 12.5. The van der Waals surface area contributed by atoms with Crippen molar-refractivity contribution in [1.29, 1.82) is 0 Å². The van der Waals surface area contributed by atoms with Gasteiger partial charge in [0.05, 0.1) is 0 Å². The lowest BCUT2D eigenvalue weighted by atomic mass is 9.97. The smallest absolute Gasteiger partial charge is 0.131 e. The Morgan fingerprint density at radius 2 is 0.667 bits per heavy atom. The molecule has 0 aromatic heterocycles. The first-order valence-corrected chi connectivity index (χ1v) is 16.4. The first kappa shape index (κ1) is 32.5. The van der Waals surface area contributed by atoms with Crippen LogP contribution < -0.4 is 18.9 Å². The van der Waals surface area contributed by atoms with Gasteiger partial charge in [-0.05, 0) is 184 Å². The van der Waals surface area contributed by atoms with E-state index >= 15 is 0 Å². The Morgan fingerprint density at radius 1 is 0.292 bits per heavy atom. The van der Waals surface area contributed by atoms with Crippen LogP contribution in [0.5, 0.6) is 46.0 Å². The lowest BCUT2D eigenvalue weighted by Gasteiger charge is -2.13. The Morgan fingerprint density at radius 3 is 1.17 bits per heavy atom. The summed E-state index contributed by atoms with van der Waals surface area (Å²) in [5, 5.41) is 0. The van der Waals surface area contributed by atoms with E-state index in [4.69, 9.17) is 18.9 Å².